The third-order valence-corrected chi connectivity index (χ3v) is 10.5. The molecule has 10 nitrogen and oxygen atoms in total. The molecule has 0 heterocycles. The summed E-state index contributed by atoms with van der Waals surface area (Å²) in [5, 5.41) is 14.2. The topological polar surface area (TPSA) is 183 Å². The Morgan fingerprint density at radius 3 is 0.898 bits per heavy atom. The van der Waals surface area contributed by atoms with Gasteiger partial charge in [0.15, 0.2) is 10.5 Å². The van der Waals surface area contributed by atoms with Gasteiger partial charge in [-0.2, -0.15) is 16.8 Å². The van der Waals surface area contributed by atoms with Crippen molar-refractivity contribution in [3.05, 3.63) is 24.3 Å². The molecule has 1 radical (unpaired) electrons. The summed E-state index contributed by atoms with van der Waals surface area (Å²) in [6.07, 6.45) is 35.4. The molecule has 293 valence electrons. The molecule has 2 unspecified atom stereocenters. The fourth-order valence-electron chi connectivity index (χ4n) is 5.25. The average molecular weight is 784 g/mol. The van der Waals surface area contributed by atoms with Gasteiger partial charge < -0.3 is 10.2 Å². The number of carboxylic acid groups (broad SMARTS) is 2. The van der Waals surface area contributed by atoms with Gasteiger partial charge in [0, 0.05) is 16.8 Å². The van der Waals surface area contributed by atoms with E-state index in [4.69, 9.17) is 19.3 Å². The molecule has 0 aliphatic carbocycles. The maximum absolute atomic E-state index is 10.9. The van der Waals surface area contributed by atoms with Crippen molar-refractivity contribution in [2.75, 3.05) is 0 Å². The first-order valence-corrected chi connectivity index (χ1v) is 21.5. The zero-order chi connectivity index (χ0) is 36.5. The van der Waals surface area contributed by atoms with E-state index in [9.17, 15) is 26.4 Å². The van der Waals surface area contributed by atoms with Gasteiger partial charge in [-0.05, 0) is 64.2 Å². The molecule has 4 N–H and O–H groups in total. The smallest absolute Gasteiger partial charge is 0.324 e. The molecule has 0 aromatic heterocycles. The predicted octanol–water partition coefficient (Wildman–Crippen LogP) is 9.95. The number of carboxylic acids is 2. The number of carbonyl (C=O) groups is 2. The van der Waals surface area contributed by atoms with Gasteiger partial charge in [-0.15, -0.1) is 0 Å². The molecule has 0 fully saturated rings. The van der Waals surface area contributed by atoms with Gasteiger partial charge >= 0.3 is 11.9 Å². The Kier molecular flexibility index (Phi) is 37.4. The number of hydrogen-bond acceptors (Lipinski definition) is 6. The van der Waals surface area contributed by atoms with Crippen LogP contribution in [0.1, 0.15) is 181 Å². The molecule has 0 aromatic rings. The summed E-state index contributed by atoms with van der Waals surface area (Å²) in [5.74, 6) is -2.95. The standard InChI is InChI=1S/2C18H34O5S.Co/c2*1-2-3-4-5-6-7-8-9-10-11-12-13-14-15-16-17(18(19)20)24(21,22)23;/h2*9-10,17H,2-8,11-16H2,1H3,(H,19,20)(H,21,22,23);/b2*10-9-;. The second-order valence-corrected chi connectivity index (χ2v) is 15.9. The molecule has 0 spiro atoms. The van der Waals surface area contributed by atoms with Crippen molar-refractivity contribution < 1.29 is 62.5 Å². The van der Waals surface area contributed by atoms with Gasteiger partial charge in [0.05, 0.1) is 0 Å². The third-order valence-electron chi connectivity index (χ3n) is 8.23. The van der Waals surface area contributed by atoms with E-state index < -0.39 is 42.7 Å². The van der Waals surface area contributed by atoms with Crippen molar-refractivity contribution in [1.82, 2.24) is 0 Å². The molecule has 0 amide bonds. The predicted molar refractivity (Wildman–Crippen MR) is 196 cm³/mol. The van der Waals surface area contributed by atoms with Crippen molar-refractivity contribution in [2.24, 2.45) is 0 Å². The number of unbranched alkanes of at least 4 members (excludes halogenated alkanes) is 20. The van der Waals surface area contributed by atoms with Crippen LogP contribution >= 0.6 is 0 Å². The molecule has 0 aliphatic heterocycles. The molecule has 0 aliphatic rings. The second kappa shape index (κ2) is 35.2. The van der Waals surface area contributed by atoms with E-state index in [1.165, 1.54) is 77.0 Å². The minimum atomic E-state index is -4.49. The van der Waals surface area contributed by atoms with Crippen molar-refractivity contribution in [1.29, 1.82) is 0 Å². The quantitative estimate of drug-likeness (QED) is 0.0291. The molecule has 49 heavy (non-hydrogen) atoms. The Labute approximate surface area is 309 Å². The number of rotatable bonds is 32. The van der Waals surface area contributed by atoms with Crippen LogP contribution in [0.5, 0.6) is 0 Å². The van der Waals surface area contributed by atoms with Crippen LogP contribution in [0, 0.1) is 0 Å². The van der Waals surface area contributed by atoms with Crippen LogP contribution in [0.4, 0.5) is 0 Å². The zero-order valence-corrected chi connectivity index (χ0v) is 32.9. The van der Waals surface area contributed by atoms with E-state index in [2.05, 4.69) is 38.2 Å². The normalized spacial score (nSPS) is 13.1. The van der Waals surface area contributed by atoms with E-state index in [0.717, 1.165) is 64.2 Å². The SMILES string of the molecule is CCCCCCCC/C=C\CCCCCCC(C(=O)O)S(=O)(=O)O.CCCCCCCC/C=C\CCCCCCC(C(=O)O)S(=O)(=O)O.[Co]. The molecule has 0 aromatic carbocycles. The molecule has 0 saturated heterocycles. The van der Waals surface area contributed by atoms with Crippen LogP contribution < -0.4 is 0 Å². The Balaban J connectivity index is -0.000000846. The van der Waals surface area contributed by atoms with Crippen molar-refractivity contribution in [2.45, 2.75) is 191 Å². The first-order valence-electron chi connectivity index (χ1n) is 18.5. The van der Waals surface area contributed by atoms with E-state index in [1.807, 2.05) is 0 Å². The minimum Gasteiger partial charge on any atom is -0.480 e. The minimum absolute atomic E-state index is 0. The first kappa shape index (κ1) is 52.1. The summed E-state index contributed by atoms with van der Waals surface area (Å²) < 4.78 is 61.3. The number of allylic oxidation sites excluding steroid dienone is 4. The van der Waals surface area contributed by atoms with Crippen LogP contribution in [0.2, 0.25) is 0 Å². The van der Waals surface area contributed by atoms with Gasteiger partial charge in [-0.3, -0.25) is 18.7 Å². The fourth-order valence-corrected chi connectivity index (χ4v) is 6.69. The molecule has 13 heteroatoms. The largest absolute Gasteiger partial charge is 0.480 e. The van der Waals surface area contributed by atoms with E-state index in [-0.39, 0.29) is 29.6 Å². The summed E-state index contributed by atoms with van der Waals surface area (Å²) in [4.78, 5) is 21.5. The van der Waals surface area contributed by atoms with Crippen molar-refractivity contribution in [3.8, 4) is 0 Å². The van der Waals surface area contributed by atoms with Gasteiger partial charge in [-0.25, -0.2) is 0 Å². The summed E-state index contributed by atoms with van der Waals surface area (Å²) >= 11 is 0. The van der Waals surface area contributed by atoms with Crippen molar-refractivity contribution in [3.63, 3.8) is 0 Å². The Morgan fingerprint density at radius 2 is 0.673 bits per heavy atom. The molecular weight excluding hydrogens is 715 g/mol. The summed E-state index contributed by atoms with van der Waals surface area (Å²) in [5.41, 5.74) is 0. The average Bonchev–Trinajstić information content (AvgIpc) is 2.99. The number of aliphatic carboxylic acids is 2. The van der Waals surface area contributed by atoms with Gasteiger partial charge in [0.1, 0.15) is 0 Å². The van der Waals surface area contributed by atoms with Crippen LogP contribution in [-0.2, 0) is 46.6 Å². The number of hydrogen-bond donors (Lipinski definition) is 4. The molecule has 0 saturated carbocycles. The van der Waals surface area contributed by atoms with E-state index >= 15 is 0 Å². The monoisotopic (exact) mass is 783 g/mol. The summed E-state index contributed by atoms with van der Waals surface area (Å²) in [6.45, 7) is 4.45. The maximum atomic E-state index is 10.9. The summed E-state index contributed by atoms with van der Waals surface area (Å²) in [7, 11) is -8.99. The molecule has 0 rings (SSSR count). The third kappa shape index (κ3) is 36.3. The van der Waals surface area contributed by atoms with E-state index in [1.54, 1.807) is 0 Å². The Morgan fingerprint density at radius 1 is 0.449 bits per heavy atom. The Bertz CT molecular complexity index is 976. The van der Waals surface area contributed by atoms with E-state index in [0.29, 0.717) is 12.8 Å². The van der Waals surface area contributed by atoms with Gasteiger partial charge in [-0.1, -0.05) is 141 Å². The fraction of sp³-hybridized carbons (Fsp3) is 0.833. The Hall–Kier alpha value is -1.25. The molecule has 2 atom stereocenters. The van der Waals surface area contributed by atoms with Crippen LogP contribution in [-0.4, -0.2) is 58.6 Å². The summed E-state index contributed by atoms with van der Waals surface area (Å²) in [6, 6.07) is 0. The van der Waals surface area contributed by atoms with Gasteiger partial charge in [0.25, 0.3) is 20.2 Å². The van der Waals surface area contributed by atoms with Crippen molar-refractivity contribution >= 4 is 32.2 Å². The second-order valence-electron chi connectivity index (χ2n) is 12.7. The maximum Gasteiger partial charge on any atom is 0.324 e. The van der Waals surface area contributed by atoms with Gasteiger partial charge in [0.2, 0.25) is 0 Å². The first-order chi connectivity index (χ1) is 22.8. The van der Waals surface area contributed by atoms with Crippen LogP contribution in [0.15, 0.2) is 24.3 Å². The zero-order valence-electron chi connectivity index (χ0n) is 30.2. The van der Waals surface area contributed by atoms with Crippen LogP contribution in [0.3, 0.4) is 0 Å². The molecular formula is C36H68CoO10S2. The molecule has 0 bridgehead atoms. The van der Waals surface area contributed by atoms with Crippen LogP contribution in [0.25, 0.3) is 0 Å².